The molecule has 2 aromatic carbocycles. The zero-order chi connectivity index (χ0) is 22.4. The van der Waals surface area contributed by atoms with Gasteiger partial charge in [0.15, 0.2) is 17.3 Å². The Morgan fingerprint density at radius 3 is 2.58 bits per heavy atom. The Bertz CT molecular complexity index is 1020. The molecule has 0 saturated carbocycles. The number of rotatable bonds is 8. The first-order valence-electron chi connectivity index (χ1n) is 9.51. The number of methoxy groups -OCH3 is 2. The van der Waals surface area contributed by atoms with E-state index in [4.69, 9.17) is 9.47 Å². The van der Waals surface area contributed by atoms with Gasteiger partial charge < -0.3 is 19.5 Å². The van der Waals surface area contributed by atoms with Crippen LogP contribution >= 0.6 is 0 Å². The molecule has 31 heavy (non-hydrogen) atoms. The molecule has 0 aromatic heterocycles. The maximum Gasteiger partial charge on any atom is 0.323 e. The van der Waals surface area contributed by atoms with Gasteiger partial charge in [0.25, 0.3) is 5.69 Å². The van der Waals surface area contributed by atoms with Gasteiger partial charge in [0.05, 0.1) is 25.2 Å². The Morgan fingerprint density at radius 1 is 1.19 bits per heavy atom. The smallest absolute Gasteiger partial charge is 0.323 e. The molecule has 1 fully saturated rings. The second-order valence-electron chi connectivity index (χ2n) is 6.88. The molecule has 2 aromatic rings. The number of ketones is 1. The molecule has 0 spiro atoms. The summed E-state index contributed by atoms with van der Waals surface area (Å²) in [5, 5.41) is 14.6. The molecular weight excluding hydrogens is 404 g/mol. The van der Waals surface area contributed by atoms with Crippen LogP contribution in [0.4, 0.5) is 5.69 Å². The molecule has 1 saturated heterocycles. The fourth-order valence-corrected chi connectivity index (χ4v) is 3.25. The van der Waals surface area contributed by atoms with Crippen LogP contribution in [0.3, 0.4) is 0 Å². The Labute approximate surface area is 178 Å². The van der Waals surface area contributed by atoms with Crippen LogP contribution in [0.25, 0.3) is 0 Å². The lowest BCUT2D eigenvalue weighted by molar-refractivity contribution is -0.385. The van der Waals surface area contributed by atoms with Crippen LogP contribution in [-0.4, -0.2) is 43.5 Å². The van der Waals surface area contributed by atoms with Gasteiger partial charge in [0, 0.05) is 12.6 Å². The highest BCUT2D eigenvalue weighted by Crippen LogP contribution is 2.36. The lowest BCUT2D eigenvalue weighted by Gasteiger charge is -2.12. The van der Waals surface area contributed by atoms with Gasteiger partial charge in [-0.2, -0.15) is 0 Å². The molecule has 1 atom stereocenters. The van der Waals surface area contributed by atoms with E-state index in [1.165, 1.54) is 32.4 Å². The molecule has 9 nitrogen and oxygen atoms in total. The lowest BCUT2D eigenvalue weighted by atomic mass is 10.0. The minimum absolute atomic E-state index is 0.122. The Kier molecular flexibility index (Phi) is 6.99. The van der Waals surface area contributed by atoms with Gasteiger partial charge in [-0.05, 0) is 18.1 Å². The summed E-state index contributed by atoms with van der Waals surface area (Å²) in [7, 11) is 2.68. The van der Waals surface area contributed by atoms with Crippen LogP contribution < -0.4 is 14.8 Å². The quantitative estimate of drug-likeness (QED) is 0.225. The van der Waals surface area contributed by atoms with Crippen LogP contribution in [0.1, 0.15) is 22.3 Å². The monoisotopic (exact) mass is 426 g/mol. The van der Waals surface area contributed by atoms with Gasteiger partial charge in [0.2, 0.25) is 0 Å². The predicted octanol–water partition coefficient (Wildman–Crippen LogP) is 2.83. The van der Waals surface area contributed by atoms with Crippen molar-refractivity contribution in [3.8, 4) is 11.5 Å². The number of carbonyl (C=O) groups is 2. The Morgan fingerprint density at radius 2 is 1.94 bits per heavy atom. The highest BCUT2D eigenvalue weighted by molar-refractivity contribution is 6.08. The summed E-state index contributed by atoms with van der Waals surface area (Å²) < 4.78 is 15.7. The minimum atomic E-state index is -0.634. The second-order valence-corrected chi connectivity index (χ2v) is 6.88. The number of benzene rings is 2. The first-order chi connectivity index (χ1) is 14.9. The van der Waals surface area contributed by atoms with E-state index in [2.05, 4.69) is 10.1 Å². The molecule has 1 aliphatic rings. The van der Waals surface area contributed by atoms with Crippen molar-refractivity contribution in [1.29, 1.82) is 0 Å². The number of esters is 1. The largest absolute Gasteiger partial charge is 0.493 e. The third kappa shape index (κ3) is 5.26. The summed E-state index contributed by atoms with van der Waals surface area (Å²) in [6, 6.07) is 11.3. The summed E-state index contributed by atoms with van der Waals surface area (Å²) in [6.07, 6.45) is 1.60. The molecule has 1 heterocycles. The number of hydrogen-bond acceptors (Lipinski definition) is 8. The average molecular weight is 426 g/mol. The van der Waals surface area contributed by atoms with Gasteiger partial charge in [-0.15, -0.1) is 0 Å². The van der Waals surface area contributed by atoms with Crippen molar-refractivity contribution < 1.29 is 28.7 Å². The van der Waals surface area contributed by atoms with Crippen LogP contribution in [-0.2, 0) is 16.1 Å². The van der Waals surface area contributed by atoms with E-state index in [-0.39, 0.29) is 29.4 Å². The van der Waals surface area contributed by atoms with Gasteiger partial charge in [-0.25, -0.2) is 0 Å². The van der Waals surface area contributed by atoms with Gasteiger partial charge >= 0.3 is 5.97 Å². The van der Waals surface area contributed by atoms with E-state index in [1.807, 2.05) is 30.3 Å². The van der Waals surface area contributed by atoms with E-state index >= 15 is 0 Å². The molecule has 0 amide bonds. The maximum atomic E-state index is 12.8. The molecule has 1 N–H and O–H groups in total. The van der Waals surface area contributed by atoms with Crippen molar-refractivity contribution >= 4 is 17.4 Å². The molecule has 9 heteroatoms. The number of allylic oxidation sites excluding steroid dienone is 1. The van der Waals surface area contributed by atoms with Crippen LogP contribution in [0.5, 0.6) is 11.5 Å². The van der Waals surface area contributed by atoms with Gasteiger partial charge in [-0.3, -0.25) is 19.7 Å². The lowest BCUT2D eigenvalue weighted by Crippen LogP contribution is -2.31. The fraction of sp³-hybridized carbons (Fsp3) is 0.273. The summed E-state index contributed by atoms with van der Waals surface area (Å²) in [5.41, 5.74) is 1.02. The number of ether oxygens (including phenoxy) is 3. The second kappa shape index (κ2) is 9.86. The van der Waals surface area contributed by atoms with E-state index in [0.717, 1.165) is 5.56 Å². The molecular formula is C22H22N2O7. The third-order valence-electron chi connectivity index (χ3n) is 4.84. The van der Waals surface area contributed by atoms with Crippen molar-refractivity contribution in [3.63, 3.8) is 0 Å². The fourth-order valence-electron chi connectivity index (χ4n) is 3.25. The molecule has 162 valence electrons. The molecule has 0 unspecified atom stereocenters. The third-order valence-corrected chi connectivity index (χ3v) is 4.84. The topological polar surface area (TPSA) is 117 Å². The zero-order valence-corrected chi connectivity index (χ0v) is 17.1. The maximum absolute atomic E-state index is 12.8. The first-order valence-corrected chi connectivity index (χ1v) is 9.51. The molecule has 0 radical (unpaired) electrons. The molecule has 1 aliphatic heterocycles. The van der Waals surface area contributed by atoms with Crippen molar-refractivity contribution in [2.45, 2.75) is 19.1 Å². The first kappa shape index (κ1) is 22.0. The Balaban J connectivity index is 1.86. The van der Waals surface area contributed by atoms with E-state index in [9.17, 15) is 19.7 Å². The van der Waals surface area contributed by atoms with Crippen molar-refractivity contribution in [3.05, 3.63) is 75.4 Å². The number of nitrogens with one attached hydrogen (secondary N) is 1. The van der Waals surface area contributed by atoms with E-state index in [1.54, 1.807) is 0 Å². The zero-order valence-electron chi connectivity index (χ0n) is 17.1. The molecule has 0 aliphatic carbocycles. The standard InChI is InChI=1S/C22H22N2O7/c1-29-20-10-16(19(25)9-15-8-17(23-12-15)22(26)30-2)18(24(27)28)11-21(20)31-13-14-6-4-3-5-7-14/h3-7,9-11,17,23H,8,12-13H2,1-2H3/b15-9-/t17-/m0/s1. The summed E-state index contributed by atoms with van der Waals surface area (Å²) in [5.74, 6) is -0.610. The van der Waals surface area contributed by atoms with Crippen LogP contribution in [0, 0.1) is 10.1 Å². The number of hydrogen-bond donors (Lipinski definition) is 1. The summed E-state index contributed by atoms with van der Waals surface area (Å²) in [6.45, 7) is 0.501. The van der Waals surface area contributed by atoms with E-state index < -0.39 is 22.7 Å². The van der Waals surface area contributed by atoms with Crippen molar-refractivity contribution in [2.75, 3.05) is 20.8 Å². The normalized spacial score (nSPS) is 16.7. The number of nitrogens with zero attached hydrogens (tertiary/aromatic N) is 1. The van der Waals surface area contributed by atoms with Crippen LogP contribution in [0.2, 0.25) is 0 Å². The van der Waals surface area contributed by atoms with Gasteiger partial charge in [-0.1, -0.05) is 35.9 Å². The highest BCUT2D eigenvalue weighted by atomic mass is 16.6. The summed E-state index contributed by atoms with van der Waals surface area (Å²) >= 11 is 0. The SMILES string of the molecule is COC(=O)[C@@H]1C/C(=C/C(=O)c2cc(OC)c(OCc3ccccc3)cc2[N+](=O)[O-])CN1. The predicted molar refractivity (Wildman–Crippen MR) is 111 cm³/mol. The number of carbonyl (C=O) groups excluding carboxylic acids is 2. The average Bonchev–Trinajstić information content (AvgIpc) is 3.25. The number of nitro groups is 1. The van der Waals surface area contributed by atoms with Crippen LogP contribution in [0.15, 0.2) is 54.1 Å². The highest BCUT2D eigenvalue weighted by Gasteiger charge is 2.28. The van der Waals surface area contributed by atoms with E-state index in [0.29, 0.717) is 18.5 Å². The van der Waals surface area contributed by atoms with Gasteiger partial charge in [0.1, 0.15) is 18.2 Å². The Hall–Kier alpha value is -3.72. The van der Waals surface area contributed by atoms with Crippen molar-refractivity contribution in [2.24, 2.45) is 0 Å². The number of nitro benzene ring substituents is 1. The molecule has 0 bridgehead atoms. The summed E-state index contributed by atoms with van der Waals surface area (Å²) in [4.78, 5) is 35.4. The van der Waals surface area contributed by atoms with Crippen molar-refractivity contribution in [1.82, 2.24) is 5.32 Å². The molecule has 3 rings (SSSR count). The minimum Gasteiger partial charge on any atom is -0.493 e.